The summed E-state index contributed by atoms with van der Waals surface area (Å²) in [6.07, 6.45) is 2.10. The van der Waals surface area contributed by atoms with Gasteiger partial charge in [-0.1, -0.05) is 24.0 Å². The molecule has 2 rings (SSSR count). The third kappa shape index (κ3) is 2.60. The standard InChI is InChI=1S/C12H16N2OS3/c1-4-14-11(15)10(18-12(14)16)8(2)7-9-13(3)5-6-17-9/h7H,4-6H2,1-3H3. The highest BCUT2D eigenvalue weighted by Gasteiger charge is 2.32. The van der Waals surface area contributed by atoms with E-state index in [2.05, 4.69) is 18.0 Å². The molecular weight excluding hydrogens is 284 g/mol. The lowest BCUT2D eigenvalue weighted by Crippen LogP contribution is -2.27. The average Bonchev–Trinajstić information content (AvgIpc) is 2.84. The first kappa shape index (κ1) is 14.0. The molecule has 2 aliphatic heterocycles. The van der Waals surface area contributed by atoms with Crippen LogP contribution in [0, 0.1) is 0 Å². The van der Waals surface area contributed by atoms with Gasteiger partial charge in [-0.2, -0.15) is 0 Å². The molecule has 0 saturated carbocycles. The lowest BCUT2D eigenvalue weighted by Gasteiger charge is -2.12. The molecule has 0 radical (unpaired) electrons. The summed E-state index contributed by atoms with van der Waals surface area (Å²) < 4.78 is 0.669. The fourth-order valence-electron chi connectivity index (χ4n) is 1.82. The molecule has 2 heterocycles. The monoisotopic (exact) mass is 300 g/mol. The number of likely N-dealkylation sites (N-methyl/N-ethyl adjacent to an activating group) is 1. The number of thioether (sulfide) groups is 2. The molecule has 0 aromatic carbocycles. The molecule has 3 nitrogen and oxygen atoms in total. The zero-order valence-corrected chi connectivity index (χ0v) is 13.2. The molecule has 0 unspecified atom stereocenters. The van der Waals surface area contributed by atoms with E-state index in [1.165, 1.54) is 16.8 Å². The molecule has 6 heteroatoms. The number of rotatable bonds is 2. The van der Waals surface area contributed by atoms with E-state index < -0.39 is 0 Å². The minimum atomic E-state index is 0.0486. The van der Waals surface area contributed by atoms with Crippen molar-refractivity contribution in [3.63, 3.8) is 0 Å². The van der Waals surface area contributed by atoms with Gasteiger partial charge in [-0.05, 0) is 25.5 Å². The smallest absolute Gasteiger partial charge is 0.266 e. The predicted octanol–water partition coefficient (Wildman–Crippen LogP) is 2.66. The van der Waals surface area contributed by atoms with Gasteiger partial charge >= 0.3 is 0 Å². The Labute approximate surface area is 122 Å². The number of carbonyl (C=O) groups is 1. The van der Waals surface area contributed by atoms with Crippen LogP contribution in [0.25, 0.3) is 0 Å². The molecule has 98 valence electrons. The summed E-state index contributed by atoms with van der Waals surface area (Å²) in [6.45, 7) is 5.65. The Bertz CT molecular complexity index is 456. The van der Waals surface area contributed by atoms with Crippen LogP contribution in [0.2, 0.25) is 0 Å². The molecule has 2 saturated heterocycles. The number of hydrogen-bond donors (Lipinski definition) is 0. The topological polar surface area (TPSA) is 23.6 Å². The molecule has 0 atom stereocenters. The Morgan fingerprint density at radius 1 is 1.56 bits per heavy atom. The fourth-order valence-corrected chi connectivity index (χ4v) is 4.35. The van der Waals surface area contributed by atoms with Crippen molar-refractivity contribution in [3.8, 4) is 0 Å². The first-order valence-corrected chi connectivity index (χ1v) is 8.05. The zero-order valence-electron chi connectivity index (χ0n) is 10.7. The van der Waals surface area contributed by atoms with E-state index in [4.69, 9.17) is 12.2 Å². The maximum Gasteiger partial charge on any atom is 0.266 e. The summed E-state index contributed by atoms with van der Waals surface area (Å²) in [5.74, 6) is 1.17. The van der Waals surface area contributed by atoms with Crippen molar-refractivity contribution in [2.24, 2.45) is 0 Å². The van der Waals surface area contributed by atoms with E-state index in [-0.39, 0.29) is 5.91 Å². The summed E-state index contributed by atoms with van der Waals surface area (Å²) in [6, 6.07) is 0. The maximum atomic E-state index is 12.2. The van der Waals surface area contributed by atoms with Crippen LogP contribution in [0.3, 0.4) is 0 Å². The lowest BCUT2D eigenvalue weighted by atomic mass is 10.2. The van der Waals surface area contributed by atoms with Gasteiger partial charge in [-0.15, -0.1) is 11.8 Å². The number of thiocarbonyl (C=S) groups is 1. The lowest BCUT2D eigenvalue weighted by molar-refractivity contribution is -0.122. The third-order valence-corrected chi connectivity index (χ3v) is 5.59. The second kappa shape index (κ2) is 5.67. The van der Waals surface area contributed by atoms with Crippen LogP contribution in [0.15, 0.2) is 21.6 Å². The van der Waals surface area contributed by atoms with E-state index >= 15 is 0 Å². The van der Waals surface area contributed by atoms with Crippen LogP contribution in [-0.2, 0) is 4.79 Å². The van der Waals surface area contributed by atoms with Crippen molar-refractivity contribution in [1.82, 2.24) is 9.80 Å². The molecule has 0 spiro atoms. The van der Waals surface area contributed by atoms with E-state index in [0.717, 1.165) is 22.8 Å². The summed E-state index contributed by atoms with van der Waals surface area (Å²) in [5, 5.41) is 1.23. The number of allylic oxidation sites excluding steroid dienone is 2. The predicted molar refractivity (Wildman–Crippen MR) is 83.4 cm³/mol. The molecule has 2 fully saturated rings. The van der Waals surface area contributed by atoms with E-state index in [9.17, 15) is 4.79 Å². The van der Waals surface area contributed by atoms with E-state index in [0.29, 0.717) is 10.9 Å². The van der Waals surface area contributed by atoms with Crippen molar-refractivity contribution in [2.45, 2.75) is 13.8 Å². The maximum absolute atomic E-state index is 12.2. The largest absolute Gasteiger partial charge is 0.369 e. The minimum absolute atomic E-state index is 0.0486. The Morgan fingerprint density at radius 3 is 2.78 bits per heavy atom. The van der Waals surface area contributed by atoms with Crippen LogP contribution in [0.4, 0.5) is 0 Å². The van der Waals surface area contributed by atoms with Gasteiger partial charge in [-0.3, -0.25) is 9.69 Å². The van der Waals surface area contributed by atoms with Crippen LogP contribution in [0.5, 0.6) is 0 Å². The van der Waals surface area contributed by atoms with Gasteiger partial charge in [0.05, 0.1) is 9.93 Å². The molecular formula is C12H16N2OS3. The number of hydrogen-bond acceptors (Lipinski definition) is 5. The normalized spacial score (nSPS) is 25.6. The Hall–Kier alpha value is -0.460. The van der Waals surface area contributed by atoms with Crippen LogP contribution >= 0.6 is 35.7 Å². The van der Waals surface area contributed by atoms with Crippen LogP contribution in [0.1, 0.15) is 13.8 Å². The number of carbonyl (C=O) groups excluding carboxylic acids is 1. The highest BCUT2D eigenvalue weighted by molar-refractivity contribution is 8.26. The van der Waals surface area contributed by atoms with Crippen molar-refractivity contribution < 1.29 is 4.79 Å². The van der Waals surface area contributed by atoms with Gasteiger partial charge in [0.25, 0.3) is 5.91 Å². The number of amides is 1. The highest BCUT2D eigenvalue weighted by atomic mass is 32.2. The Kier molecular flexibility index (Phi) is 4.40. The third-order valence-electron chi connectivity index (χ3n) is 2.92. The number of nitrogens with zero attached hydrogens (tertiary/aromatic N) is 2. The molecule has 1 amide bonds. The fraction of sp³-hybridized carbons (Fsp3) is 0.500. The summed E-state index contributed by atoms with van der Waals surface area (Å²) in [5.41, 5.74) is 1.01. The van der Waals surface area contributed by atoms with Gasteiger partial charge in [0.1, 0.15) is 4.32 Å². The second-order valence-electron chi connectivity index (χ2n) is 4.18. The minimum Gasteiger partial charge on any atom is -0.369 e. The molecule has 0 aromatic rings. The van der Waals surface area contributed by atoms with E-state index in [1.807, 2.05) is 25.6 Å². The van der Waals surface area contributed by atoms with Gasteiger partial charge in [0, 0.05) is 25.9 Å². The zero-order chi connectivity index (χ0) is 13.3. The van der Waals surface area contributed by atoms with Crippen molar-refractivity contribution in [2.75, 3.05) is 25.9 Å². The van der Waals surface area contributed by atoms with Gasteiger partial charge in [0.15, 0.2) is 0 Å². The molecule has 2 aliphatic rings. The van der Waals surface area contributed by atoms with Crippen LogP contribution < -0.4 is 0 Å². The second-order valence-corrected chi connectivity index (χ2v) is 6.94. The van der Waals surface area contributed by atoms with Crippen LogP contribution in [-0.4, -0.2) is 45.9 Å². The van der Waals surface area contributed by atoms with Crippen molar-refractivity contribution in [3.05, 3.63) is 21.6 Å². The van der Waals surface area contributed by atoms with Crippen molar-refractivity contribution in [1.29, 1.82) is 0 Å². The van der Waals surface area contributed by atoms with Gasteiger partial charge in [-0.25, -0.2) is 0 Å². The molecule has 18 heavy (non-hydrogen) atoms. The van der Waals surface area contributed by atoms with E-state index in [1.54, 1.807) is 4.90 Å². The average molecular weight is 300 g/mol. The summed E-state index contributed by atoms with van der Waals surface area (Å²) in [4.78, 5) is 16.8. The van der Waals surface area contributed by atoms with Crippen molar-refractivity contribution >= 4 is 46.0 Å². The Balaban J connectivity index is 2.27. The molecule has 0 aromatic heterocycles. The Morgan fingerprint density at radius 2 is 2.28 bits per heavy atom. The molecule has 0 N–H and O–H groups in total. The first-order valence-electron chi connectivity index (χ1n) is 5.84. The van der Waals surface area contributed by atoms with Gasteiger partial charge in [0.2, 0.25) is 0 Å². The first-order chi connectivity index (χ1) is 8.54. The summed E-state index contributed by atoms with van der Waals surface area (Å²) in [7, 11) is 2.08. The quantitative estimate of drug-likeness (QED) is 0.576. The SMILES string of the molecule is CCN1C(=O)C(=C(C)C=C2SCCN2C)SC1=S. The highest BCUT2D eigenvalue weighted by Crippen LogP contribution is 2.35. The summed E-state index contributed by atoms with van der Waals surface area (Å²) >= 11 is 8.46. The molecule has 0 bridgehead atoms. The van der Waals surface area contributed by atoms with Gasteiger partial charge < -0.3 is 4.90 Å². The molecule has 0 aliphatic carbocycles.